The molecule has 1 unspecified atom stereocenters. The number of methoxy groups -OCH3 is 1. The molecule has 8 nitrogen and oxygen atoms in total. The minimum Gasteiger partial charge on any atom is -0.465 e. The summed E-state index contributed by atoms with van der Waals surface area (Å²) in [4.78, 5) is 38.4. The van der Waals surface area contributed by atoms with E-state index < -0.39 is 5.97 Å². The van der Waals surface area contributed by atoms with Crippen LogP contribution in [-0.2, 0) is 9.53 Å². The molecule has 0 fully saturated rings. The second kappa shape index (κ2) is 9.91. The lowest BCUT2D eigenvalue weighted by Gasteiger charge is -2.40. The largest absolute Gasteiger partial charge is 0.465 e. The number of anilines is 5. The van der Waals surface area contributed by atoms with Crippen molar-refractivity contribution in [1.29, 1.82) is 0 Å². The number of benzene rings is 2. The fraction of sp³-hybridized carbons (Fsp3) is 0.308. The van der Waals surface area contributed by atoms with E-state index in [1.54, 1.807) is 29.3 Å². The number of ether oxygens (including phenoxy) is 1. The minimum atomic E-state index is -0.416. The normalized spacial score (nSPS) is 15.3. The number of hydrogen-bond donors (Lipinski definition) is 1. The average Bonchev–Trinajstić information content (AvgIpc) is 2.84. The lowest BCUT2D eigenvalue weighted by Crippen LogP contribution is -2.51. The Labute approximate surface area is 199 Å². The Morgan fingerprint density at radius 2 is 1.91 bits per heavy atom. The lowest BCUT2D eigenvalue weighted by atomic mass is 10.1. The number of carbonyl (C=O) groups is 2. The van der Waals surface area contributed by atoms with Crippen LogP contribution < -0.4 is 15.1 Å². The third-order valence-corrected chi connectivity index (χ3v) is 5.81. The Hall–Kier alpha value is -3.94. The summed E-state index contributed by atoms with van der Waals surface area (Å²) in [7, 11) is 1.35. The molecule has 1 atom stereocenters. The van der Waals surface area contributed by atoms with Gasteiger partial charge in [-0.25, -0.2) is 9.78 Å². The predicted molar refractivity (Wildman–Crippen MR) is 133 cm³/mol. The number of esters is 1. The number of hydrogen-bond acceptors (Lipinski definition) is 7. The van der Waals surface area contributed by atoms with E-state index in [9.17, 15) is 9.59 Å². The van der Waals surface area contributed by atoms with Gasteiger partial charge in [-0.1, -0.05) is 38.1 Å². The molecule has 0 aliphatic carbocycles. The van der Waals surface area contributed by atoms with Gasteiger partial charge in [0.2, 0.25) is 5.95 Å². The van der Waals surface area contributed by atoms with Crippen LogP contribution in [0.2, 0.25) is 0 Å². The van der Waals surface area contributed by atoms with Gasteiger partial charge in [-0.3, -0.25) is 9.69 Å². The fourth-order valence-corrected chi connectivity index (χ4v) is 3.93. The van der Waals surface area contributed by atoms with E-state index in [0.29, 0.717) is 41.2 Å². The number of carbonyl (C=O) groups excluding carboxylic acids is 2. The molecule has 4 rings (SSSR count). The van der Waals surface area contributed by atoms with Crippen LogP contribution in [0.25, 0.3) is 0 Å². The Kier molecular flexibility index (Phi) is 6.77. The second-order valence-electron chi connectivity index (χ2n) is 8.66. The zero-order valence-corrected chi connectivity index (χ0v) is 19.9. The van der Waals surface area contributed by atoms with E-state index in [1.165, 1.54) is 7.11 Å². The van der Waals surface area contributed by atoms with E-state index in [1.807, 2.05) is 43.3 Å². The maximum Gasteiger partial charge on any atom is 0.337 e. The van der Waals surface area contributed by atoms with Gasteiger partial charge < -0.3 is 15.0 Å². The molecule has 1 aliphatic heterocycles. The first-order valence-electron chi connectivity index (χ1n) is 11.4. The summed E-state index contributed by atoms with van der Waals surface area (Å²) in [5.74, 6) is 1.12. The molecule has 1 amide bonds. The van der Waals surface area contributed by atoms with Crippen molar-refractivity contribution in [2.45, 2.75) is 33.2 Å². The Bertz CT molecular complexity index is 1180. The number of nitrogens with zero attached hydrogens (tertiary/aromatic N) is 4. The molecular weight excluding hydrogens is 430 g/mol. The SMILES string of the molecule is COC(=O)c1cccc(Nc2ncc3c(n2)N(CCC(C)C)C(C)C(=O)N3c2ccccc2)c1. The van der Waals surface area contributed by atoms with E-state index in [2.05, 4.69) is 29.0 Å². The Morgan fingerprint density at radius 1 is 1.15 bits per heavy atom. The van der Waals surface area contributed by atoms with E-state index in [-0.39, 0.29) is 11.9 Å². The molecule has 0 radical (unpaired) electrons. The van der Waals surface area contributed by atoms with Gasteiger partial charge in [0.1, 0.15) is 11.7 Å². The summed E-state index contributed by atoms with van der Waals surface area (Å²) in [6.45, 7) is 6.94. The Morgan fingerprint density at radius 3 is 2.62 bits per heavy atom. The number of nitrogens with one attached hydrogen (secondary N) is 1. The van der Waals surface area contributed by atoms with Gasteiger partial charge in [0.15, 0.2) is 5.82 Å². The molecule has 1 aliphatic rings. The molecule has 1 N–H and O–H groups in total. The van der Waals surface area contributed by atoms with Crippen molar-refractivity contribution >= 4 is 40.7 Å². The van der Waals surface area contributed by atoms with Crippen LogP contribution in [-0.4, -0.2) is 41.5 Å². The minimum absolute atomic E-state index is 0.0162. The summed E-state index contributed by atoms with van der Waals surface area (Å²) < 4.78 is 4.81. The average molecular weight is 460 g/mol. The van der Waals surface area contributed by atoms with Gasteiger partial charge in [-0.05, 0) is 49.6 Å². The zero-order valence-electron chi connectivity index (χ0n) is 19.9. The monoisotopic (exact) mass is 459 g/mol. The molecule has 34 heavy (non-hydrogen) atoms. The smallest absolute Gasteiger partial charge is 0.337 e. The molecular formula is C26H29N5O3. The molecule has 0 spiro atoms. The molecule has 0 saturated carbocycles. The third kappa shape index (κ3) is 4.71. The number of rotatable bonds is 7. The van der Waals surface area contributed by atoms with E-state index in [4.69, 9.17) is 9.72 Å². The van der Waals surface area contributed by atoms with Gasteiger partial charge in [-0.15, -0.1) is 0 Å². The standard InChI is InChI=1S/C26H29N5O3/c1-17(2)13-14-30-18(3)24(32)31(21-11-6-5-7-12-21)22-16-27-26(29-23(22)30)28-20-10-8-9-19(15-20)25(33)34-4/h5-12,15-18H,13-14H2,1-4H3,(H,27,28,29). The lowest BCUT2D eigenvalue weighted by molar-refractivity contribution is -0.119. The molecule has 2 aromatic carbocycles. The first-order chi connectivity index (χ1) is 16.4. The molecule has 176 valence electrons. The highest BCUT2D eigenvalue weighted by Gasteiger charge is 2.37. The molecule has 8 heteroatoms. The molecule has 0 bridgehead atoms. The van der Waals surface area contributed by atoms with Gasteiger partial charge in [0, 0.05) is 17.9 Å². The van der Waals surface area contributed by atoms with Crippen LogP contribution >= 0.6 is 0 Å². The maximum atomic E-state index is 13.4. The van der Waals surface area contributed by atoms with Crippen LogP contribution in [0.1, 0.15) is 37.6 Å². The molecule has 2 heterocycles. The van der Waals surface area contributed by atoms with Crippen LogP contribution in [0, 0.1) is 5.92 Å². The highest BCUT2D eigenvalue weighted by Crippen LogP contribution is 2.39. The molecule has 3 aromatic rings. The maximum absolute atomic E-state index is 13.4. The number of para-hydroxylation sites is 1. The topological polar surface area (TPSA) is 87.7 Å². The third-order valence-electron chi connectivity index (χ3n) is 5.81. The molecule has 0 saturated heterocycles. The van der Waals surface area contributed by atoms with E-state index in [0.717, 1.165) is 12.1 Å². The summed E-state index contributed by atoms with van der Waals surface area (Å²) >= 11 is 0. The van der Waals surface area contributed by atoms with Crippen molar-refractivity contribution in [2.24, 2.45) is 5.92 Å². The van der Waals surface area contributed by atoms with Crippen LogP contribution in [0.4, 0.5) is 28.8 Å². The van der Waals surface area contributed by atoms with Crippen LogP contribution in [0.15, 0.2) is 60.8 Å². The predicted octanol–water partition coefficient (Wildman–Crippen LogP) is 4.93. The summed E-state index contributed by atoms with van der Waals surface area (Å²) in [5.41, 5.74) is 2.51. The zero-order chi connectivity index (χ0) is 24.2. The first-order valence-corrected chi connectivity index (χ1v) is 11.4. The highest BCUT2D eigenvalue weighted by molar-refractivity contribution is 6.09. The van der Waals surface area contributed by atoms with Crippen LogP contribution in [0.3, 0.4) is 0 Å². The van der Waals surface area contributed by atoms with Crippen molar-refractivity contribution in [3.63, 3.8) is 0 Å². The van der Waals surface area contributed by atoms with Crippen molar-refractivity contribution in [2.75, 3.05) is 28.8 Å². The van der Waals surface area contributed by atoms with E-state index >= 15 is 0 Å². The van der Waals surface area contributed by atoms with Crippen LogP contribution in [0.5, 0.6) is 0 Å². The quantitative estimate of drug-likeness (QED) is 0.502. The van der Waals surface area contributed by atoms with Crippen molar-refractivity contribution in [1.82, 2.24) is 9.97 Å². The van der Waals surface area contributed by atoms with Gasteiger partial charge in [0.05, 0.1) is 18.9 Å². The highest BCUT2D eigenvalue weighted by atomic mass is 16.5. The van der Waals surface area contributed by atoms with Crippen molar-refractivity contribution < 1.29 is 14.3 Å². The summed E-state index contributed by atoms with van der Waals surface area (Å²) in [6.07, 6.45) is 2.60. The number of fused-ring (bicyclic) bond motifs is 1. The summed E-state index contributed by atoms with van der Waals surface area (Å²) in [6, 6.07) is 16.1. The van der Waals surface area contributed by atoms with Gasteiger partial charge in [-0.2, -0.15) is 4.98 Å². The van der Waals surface area contributed by atoms with Crippen molar-refractivity contribution in [3.05, 3.63) is 66.4 Å². The number of amides is 1. The number of aromatic nitrogens is 2. The molecule has 1 aromatic heterocycles. The van der Waals surface area contributed by atoms with Crippen molar-refractivity contribution in [3.8, 4) is 0 Å². The second-order valence-corrected chi connectivity index (χ2v) is 8.66. The Balaban J connectivity index is 1.74. The first kappa shape index (κ1) is 23.2. The van der Waals surface area contributed by atoms with Gasteiger partial charge in [0.25, 0.3) is 5.91 Å². The fourth-order valence-electron chi connectivity index (χ4n) is 3.93. The van der Waals surface area contributed by atoms with Gasteiger partial charge >= 0.3 is 5.97 Å². The summed E-state index contributed by atoms with van der Waals surface area (Å²) in [5, 5.41) is 3.18.